The Morgan fingerprint density at radius 3 is 2.21 bits per heavy atom. The highest BCUT2D eigenvalue weighted by Gasteiger charge is 2.41. The minimum absolute atomic E-state index is 0.0456. The van der Waals surface area contributed by atoms with Gasteiger partial charge >= 0.3 is 0 Å². The summed E-state index contributed by atoms with van der Waals surface area (Å²) in [5.74, 6) is 0.377. The zero-order valence-electron chi connectivity index (χ0n) is 12.7. The number of aliphatic hydroxyl groups is 1. The van der Waals surface area contributed by atoms with Crippen LogP contribution in [0.25, 0.3) is 0 Å². The molecule has 2 rings (SSSR count). The number of anilines is 1. The van der Waals surface area contributed by atoms with Gasteiger partial charge in [0.15, 0.2) is 0 Å². The second-order valence-corrected chi connectivity index (χ2v) is 6.11. The van der Waals surface area contributed by atoms with Crippen LogP contribution in [-0.2, 0) is 12.8 Å². The average molecular weight is 261 g/mol. The Kier molecular flexibility index (Phi) is 4.19. The van der Waals surface area contributed by atoms with E-state index in [1.807, 2.05) is 0 Å². The molecule has 0 aliphatic carbocycles. The highest BCUT2D eigenvalue weighted by molar-refractivity contribution is 5.62. The molecule has 0 spiro atoms. The maximum Gasteiger partial charge on any atom is 0.0482 e. The van der Waals surface area contributed by atoms with E-state index in [2.05, 4.69) is 50.8 Å². The lowest BCUT2D eigenvalue weighted by Crippen LogP contribution is -2.44. The predicted octanol–water partition coefficient (Wildman–Crippen LogP) is 3.41. The van der Waals surface area contributed by atoms with E-state index >= 15 is 0 Å². The molecule has 19 heavy (non-hydrogen) atoms. The molecule has 106 valence electrons. The Balaban J connectivity index is 2.47. The molecule has 1 aromatic rings. The van der Waals surface area contributed by atoms with Gasteiger partial charge in [-0.25, -0.2) is 0 Å². The molecular weight excluding hydrogens is 234 g/mol. The normalized spacial score (nSPS) is 21.9. The third-order valence-corrected chi connectivity index (χ3v) is 4.85. The number of benzene rings is 1. The Bertz CT molecular complexity index is 417. The summed E-state index contributed by atoms with van der Waals surface area (Å²) in [6.07, 6.45) is 3.23. The highest BCUT2D eigenvalue weighted by Crippen LogP contribution is 2.41. The average Bonchev–Trinajstić information content (AvgIpc) is 2.71. The van der Waals surface area contributed by atoms with Crippen LogP contribution < -0.4 is 4.90 Å². The van der Waals surface area contributed by atoms with E-state index in [1.165, 1.54) is 16.8 Å². The van der Waals surface area contributed by atoms with E-state index in [1.54, 1.807) is 0 Å². The topological polar surface area (TPSA) is 23.5 Å². The van der Waals surface area contributed by atoms with E-state index in [0.29, 0.717) is 12.5 Å². The van der Waals surface area contributed by atoms with E-state index in [-0.39, 0.29) is 5.54 Å². The van der Waals surface area contributed by atoms with Gasteiger partial charge in [0.05, 0.1) is 0 Å². The van der Waals surface area contributed by atoms with Gasteiger partial charge < -0.3 is 10.0 Å². The smallest absolute Gasteiger partial charge is 0.0482 e. The summed E-state index contributed by atoms with van der Waals surface area (Å²) < 4.78 is 0. The van der Waals surface area contributed by atoms with Gasteiger partial charge in [0.1, 0.15) is 0 Å². The maximum absolute atomic E-state index is 9.59. The van der Waals surface area contributed by atoms with Crippen LogP contribution in [0.5, 0.6) is 0 Å². The number of aliphatic hydroxyl groups excluding tert-OH is 1. The Morgan fingerprint density at radius 2 is 1.79 bits per heavy atom. The van der Waals surface area contributed by atoms with Crippen LogP contribution in [0.2, 0.25) is 0 Å². The molecule has 1 aliphatic rings. The largest absolute Gasteiger partial charge is 0.396 e. The fourth-order valence-electron chi connectivity index (χ4n) is 3.42. The summed E-state index contributed by atoms with van der Waals surface area (Å²) in [5, 5.41) is 9.59. The molecule has 1 aliphatic heterocycles. The first-order valence-electron chi connectivity index (χ1n) is 7.55. The molecule has 1 heterocycles. The van der Waals surface area contributed by atoms with Crippen molar-refractivity contribution >= 4 is 5.69 Å². The third-order valence-electron chi connectivity index (χ3n) is 4.85. The van der Waals surface area contributed by atoms with Gasteiger partial charge in [0.25, 0.3) is 0 Å². The minimum atomic E-state index is 0.0456. The lowest BCUT2D eigenvalue weighted by Gasteiger charge is -2.39. The molecule has 2 nitrogen and oxygen atoms in total. The van der Waals surface area contributed by atoms with Crippen LogP contribution in [0.1, 0.15) is 45.2 Å². The molecule has 0 saturated carbocycles. The van der Waals surface area contributed by atoms with Crippen LogP contribution in [0.3, 0.4) is 0 Å². The van der Waals surface area contributed by atoms with Gasteiger partial charge in [-0.15, -0.1) is 0 Å². The molecule has 0 radical (unpaired) electrons. The van der Waals surface area contributed by atoms with Crippen molar-refractivity contribution in [2.75, 3.05) is 18.1 Å². The molecule has 1 unspecified atom stereocenters. The number of nitrogens with zero attached hydrogens (tertiary/aromatic N) is 1. The molecule has 1 fully saturated rings. The first-order chi connectivity index (χ1) is 9.06. The van der Waals surface area contributed by atoms with Crippen molar-refractivity contribution in [2.45, 2.75) is 52.5 Å². The van der Waals surface area contributed by atoms with Crippen molar-refractivity contribution in [3.05, 3.63) is 29.3 Å². The van der Waals surface area contributed by atoms with Crippen molar-refractivity contribution in [3.8, 4) is 0 Å². The zero-order valence-corrected chi connectivity index (χ0v) is 12.7. The van der Waals surface area contributed by atoms with Gasteiger partial charge in [0, 0.05) is 30.3 Å². The molecular formula is C17H27NO. The standard InChI is InChI=1S/C17H27NO/c1-5-13-8-7-9-14(6-2)16(13)18-11-10-15(12-19)17(18,3)4/h7-9,15,19H,5-6,10-12H2,1-4H3. The summed E-state index contributed by atoms with van der Waals surface area (Å²) >= 11 is 0. The van der Waals surface area contributed by atoms with Gasteiger partial charge in [-0.3, -0.25) is 0 Å². The molecule has 0 bridgehead atoms. The van der Waals surface area contributed by atoms with Gasteiger partial charge in [-0.2, -0.15) is 0 Å². The molecule has 0 amide bonds. The van der Waals surface area contributed by atoms with Crippen LogP contribution in [0.15, 0.2) is 18.2 Å². The van der Waals surface area contributed by atoms with Crippen LogP contribution in [0, 0.1) is 5.92 Å². The van der Waals surface area contributed by atoms with Crippen LogP contribution in [-0.4, -0.2) is 23.8 Å². The molecule has 1 aromatic carbocycles. The lowest BCUT2D eigenvalue weighted by molar-refractivity contribution is 0.189. The predicted molar refractivity (Wildman–Crippen MR) is 81.8 cm³/mol. The maximum atomic E-state index is 9.59. The van der Waals surface area contributed by atoms with E-state index in [9.17, 15) is 5.11 Å². The Hall–Kier alpha value is -1.02. The van der Waals surface area contributed by atoms with Crippen molar-refractivity contribution < 1.29 is 5.11 Å². The first kappa shape index (κ1) is 14.4. The summed E-state index contributed by atoms with van der Waals surface area (Å²) in [6, 6.07) is 6.67. The second-order valence-electron chi connectivity index (χ2n) is 6.11. The van der Waals surface area contributed by atoms with E-state index in [4.69, 9.17) is 0 Å². The van der Waals surface area contributed by atoms with Crippen molar-refractivity contribution in [1.29, 1.82) is 0 Å². The van der Waals surface area contributed by atoms with Crippen molar-refractivity contribution in [1.82, 2.24) is 0 Å². The SMILES string of the molecule is CCc1cccc(CC)c1N1CCC(CO)C1(C)C. The number of rotatable bonds is 4. The number of hydrogen-bond donors (Lipinski definition) is 1. The summed E-state index contributed by atoms with van der Waals surface area (Å²) in [5.41, 5.74) is 4.34. The van der Waals surface area contributed by atoms with Gasteiger partial charge in [-0.05, 0) is 44.2 Å². The number of para-hydroxylation sites is 1. The number of hydrogen-bond acceptors (Lipinski definition) is 2. The quantitative estimate of drug-likeness (QED) is 0.898. The van der Waals surface area contributed by atoms with Crippen molar-refractivity contribution in [3.63, 3.8) is 0 Å². The van der Waals surface area contributed by atoms with Gasteiger partial charge in [0.2, 0.25) is 0 Å². The van der Waals surface area contributed by atoms with Crippen LogP contribution in [0.4, 0.5) is 5.69 Å². The highest BCUT2D eigenvalue weighted by atomic mass is 16.3. The number of aryl methyl sites for hydroxylation is 2. The van der Waals surface area contributed by atoms with Gasteiger partial charge in [-0.1, -0.05) is 32.0 Å². The van der Waals surface area contributed by atoms with E-state index < -0.39 is 0 Å². The Labute approximate surface area is 117 Å². The summed E-state index contributed by atoms with van der Waals surface area (Å²) in [7, 11) is 0. The molecule has 1 saturated heterocycles. The molecule has 1 atom stereocenters. The second kappa shape index (κ2) is 5.54. The van der Waals surface area contributed by atoms with Crippen molar-refractivity contribution in [2.24, 2.45) is 5.92 Å². The lowest BCUT2D eigenvalue weighted by atomic mass is 9.88. The monoisotopic (exact) mass is 261 g/mol. The zero-order chi connectivity index (χ0) is 14.0. The molecule has 2 heteroatoms. The summed E-state index contributed by atoms with van der Waals surface area (Å²) in [6.45, 7) is 10.3. The molecule has 0 aromatic heterocycles. The van der Waals surface area contributed by atoms with Crippen LogP contribution >= 0.6 is 0 Å². The fraction of sp³-hybridized carbons (Fsp3) is 0.647. The first-order valence-corrected chi connectivity index (χ1v) is 7.55. The van der Waals surface area contributed by atoms with E-state index in [0.717, 1.165) is 25.8 Å². The summed E-state index contributed by atoms with van der Waals surface area (Å²) in [4.78, 5) is 2.53. The molecule has 1 N–H and O–H groups in total. The Morgan fingerprint density at radius 1 is 1.21 bits per heavy atom. The fourth-order valence-corrected chi connectivity index (χ4v) is 3.42. The third kappa shape index (κ3) is 2.38. The minimum Gasteiger partial charge on any atom is -0.396 e.